The van der Waals surface area contributed by atoms with Crippen molar-refractivity contribution in [2.24, 2.45) is 5.41 Å². The fourth-order valence-electron chi connectivity index (χ4n) is 2.47. The number of nitrogens with one attached hydrogen (secondary N) is 1. The van der Waals surface area contributed by atoms with E-state index in [4.69, 9.17) is 0 Å². The molecule has 0 radical (unpaired) electrons. The second kappa shape index (κ2) is 7.23. The zero-order valence-electron chi connectivity index (χ0n) is 13.8. The number of hydrogen-bond acceptors (Lipinski definition) is 3. The predicted molar refractivity (Wildman–Crippen MR) is 85.3 cm³/mol. The number of rotatable bonds is 6. The van der Waals surface area contributed by atoms with Crippen LogP contribution in [0.1, 0.15) is 60.3 Å². The molecule has 0 aromatic carbocycles. The average Bonchev–Trinajstić information content (AvgIpc) is 2.33. The van der Waals surface area contributed by atoms with E-state index in [0.717, 1.165) is 32.2 Å². The normalized spacial score (nSPS) is 22.4. The molecule has 120 valence electrons. The van der Waals surface area contributed by atoms with Gasteiger partial charge in [-0.15, -0.1) is 0 Å². The van der Waals surface area contributed by atoms with Crippen molar-refractivity contribution in [2.45, 2.75) is 72.4 Å². The molecule has 0 aromatic rings. The van der Waals surface area contributed by atoms with Crippen LogP contribution in [0, 0.1) is 5.41 Å². The zero-order chi connectivity index (χ0) is 15.4. The molecule has 0 spiro atoms. The Kier molecular flexibility index (Phi) is 6.48. The van der Waals surface area contributed by atoms with Gasteiger partial charge in [-0.05, 0) is 24.7 Å². The number of hydrogen-bond donors (Lipinski definition) is 1. The third-order valence-corrected chi connectivity index (χ3v) is 5.72. The van der Waals surface area contributed by atoms with Gasteiger partial charge < -0.3 is 5.32 Å². The van der Waals surface area contributed by atoms with E-state index >= 15 is 0 Å². The van der Waals surface area contributed by atoms with Gasteiger partial charge in [0.15, 0.2) is 0 Å². The minimum Gasteiger partial charge on any atom is -0.313 e. The molecule has 0 aliphatic carbocycles. The molecule has 1 atom stereocenters. The molecule has 0 amide bonds. The highest BCUT2D eigenvalue weighted by Gasteiger charge is 2.32. The molecule has 1 aliphatic rings. The quantitative estimate of drug-likeness (QED) is 0.820. The Morgan fingerprint density at radius 3 is 2.45 bits per heavy atom. The van der Waals surface area contributed by atoms with Crippen molar-refractivity contribution in [3.05, 3.63) is 0 Å². The SMILES string of the molecule is CC(C)NCC1CCCCN1S(=O)(=O)CCC(C)(C)C. The third kappa shape index (κ3) is 6.10. The Hall–Kier alpha value is -0.130. The van der Waals surface area contributed by atoms with Crippen molar-refractivity contribution in [3.8, 4) is 0 Å². The summed E-state index contributed by atoms with van der Waals surface area (Å²) in [6, 6.07) is 0.534. The number of piperidine rings is 1. The monoisotopic (exact) mass is 304 g/mol. The summed E-state index contributed by atoms with van der Waals surface area (Å²) >= 11 is 0. The first-order valence-electron chi connectivity index (χ1n) is 7.85. The summed E-state index contributed by atoms with van der Waals surface area (Å²) < 4.78 is 26.9. The smallest absolute Gasteiger partial charge is 0.214 e. The summed E-state index contributed by atoms with van der Waals surface area (Å²) in [5.41, 5.74) is 0.0640. The molecular formula is C15H32N2O2S. The summed E-state index contributed by atoms with van der Waals surface area (Å²) in [7, 11) is -3.12. The zero-order valence-corrected chi connectivity index (χ0v) is 14.6. The molecule has 5 heteroatoms. The van der Waals surface area contributed by atoms with Crippen LogP contribution < -0.4 is 5.32 Å². The number of nitrogens with zero attached hydrogens (tertiary/aromatic N) is 1. The van der Waals surface area contributed by atoms with Crippen LogP contribution in [0.2, 0.25) is 0 Å². The van der Waals surface area contributed by atoms with Gasteiger partial charge in [0, 0.05) is 25.2 Å². The Bertz CT molecular complexity index is 385. The molecule has 1 N–H and O–H groups in total. The molecule has 0 aromatic heterocycles. The molecule has 4 nitrogen and oxygen atoms in total. The van der Waals surface area contributed by atoms with Gasteiger partial charge in [0.25, 0.3) is 0 Å². The molecule has 1 rings (SSSR count). The molecule has 1 unspecified atom stereocenters. The average molecular weight is 305 g/mol. The largest absolute Gasteiger partial charge is 0.313 e. The van der Waals surface area contributed by atoms with Crippen molar-refractivity contribution in [1.82, 2.24) is 9.62 Å². The van der Waals surface area contributed by atoms with Gasteiger partial charge in [0.1, 0.15) is 0 Å². The second-order valence-electron chi connectivity index (χ2n) is 7.45. The van der Waals surface area contributed by atoms with E-state index in [1.54, 1.807) is 4.31 Å². The Morgan fingerprint density at radius 1 is 1.25 bits per heavy atom. The van der Waals surface area contributed by atoms with E-state index < -0.39 is 10.0 Å². The molecule has 0 saturated carbocycles. The van der Waals surface area contributed by atoms with Crippen LogP contribution in [-0.4, -0.2) is 43.6 Å². The minimum atomic E-state index is -3.12. The van der Waals surface area contributed by atoms with Crippen LogP contribution in [0.3, 0.4) is 0 Å². The fourth-order valence-corrected chi connectivity index (χ4v) is 4.61. The third-order valence-electron chi connectivity index (χ3n) is 3.80. The van der Waals surface area contributed by atoms with Crippen molar-refractivity contribution >= 4 is 10.0 Å². The lowest BCUT2D eigenvalue weighted by atomic mass is 9.94. The lowest BCUT2D eigenvalue weighted by molar-refractivity contribution is 0.240. The topological polar surface area (TPSA) is 49.4 Å². The summed E-state index contributed by atoms with van der Waals surface area (Å²) in [6.45, 7) is 11.9. The summed E-state index contributed by atoms with van der Waals surface area (Å²) in [6.07, 6.45) is 3.83. The Labute approximate surface area is 125 Å². The van der Waals surface area contributed by atoms with E-state index in [0.29, 0.717) is 12.6 Å². The van der Waals surface area contributed by atoms with Crippen molar-refractivity contribution in [3.63, 3.8) is 0 Å². The molecule has 1 saturated heterocycles. The Balaban J connectivity index is 2.68. The molecule has 20 heavy (non-hydrogen) atoms. The van der Waals surface area contributed by atoms with Gasteiger partial charge in [-0.3, -0.25) is 0 Å². The first-order chi connectivity index (χ1) is 9.12. The highest BCUT2D eigenvalue weighted by molar-refractivity contribution is 7.89. The molecule has 1 heterocycles. The summed E-state index contributed by atoms with van der Waals surface area (Å²) in [5.74, 6) is 0.272. The van der Waals surface area contributed by atoms with E-state index in [-0.39, 0.29) is 17.2 Å². The van der Waals surface area contributed by atoms with Crippen LogP contribution in [0.4, 0.5) is 0 Å². The maximum atomic E-state index is 12.6. The second-order valence-corrected chi connectivity index (χ2v) is 9.49. The van der Waals surface area contributed by atoms with Gasteiger partial charge in [-0.1, -0.05) is 41.0 Å². The Morgan fingerprint density at radius 2 is 1.90 bits per heavy atom. The van der Waals surface area contributed by atoms with E-state index in [2.05, 4.69) is 39.9 Å². The van der Waals surface area contributed by atoms with Crippen LogP contribution in [0.5, 0.6) is 0 Å². The molecular weight excluding hydrogens is 272 g/mol. The highest BCUT2D eigenvalue weighted by Crippen LogP contribution is 2.24. The van der Waals surface area contributed by atoms with Crippen LogP contribution >= 0.6 is 0 Å². The maximum absolute atomic E-state index is 12.6. The molecule has 1 aliphatic heterocycles. The number of sulfonamides is 1. The first-order valence-corrected chi connectivity index (χ1v) is 9.46. The maximum Gasteiger partial charge on any atom is 0.214 e. The van der Waals surface area contributed by atoms with Gasteiger partial charge in [0.05, 0.1) is 5.75 Å². The molecule has 0 bridgehead atoms. The van der Waals surface area contributed by atoms with Gasteiger partial charge in [0.2, 0.25) is 10.0 Å². The van der Waals surface area contributed by atoms with Gasteiger partial charge >= 0.3 is 0 Å². The summed E-state index contributed by atoms with van der Waals surface area (Å²) in [4.78, 5) is 0. The van der Waals surface area contributed by atoms with Gasteiger partial charge in [-0.2, -0.15) is 4.31 Å². The predicted octanol–water partition coefficient (Wildman–Crippen LogP) is 2.60. The molecule has 1 fully saturated rings. The van der Waals surface area contributed by atoms with Crippen LogP contribution in [-0.2, 0) is 10.0 Å². The fraction of sp³-hybridized carbons (Fsp3) is 1.00. The lowest BCUT2D eigenvalue weighted by Gasteiger charge is -2.36. The van der Waals surface area contributed by atoms with Gasteiger partial charge in [-0.25, -0.2) is 8.42 Å². The standard InChI is InChI=1S/C15H32N2O2S/c1-13(2)16-12-14-8-6-7-10-17(14)20(18,19)11-9-15(3,4)5/h13-14,16H,6-12H2,1-5H3. The lowest BCUT2D eigenvalue weighted by Crippen LogP contribution is -2.50. The highest BCUT2D eigenvalue weighted by atomic mass is 32.2. The van der Waals surface area contributed by atoms with Crippen molar-refractivity contribution in [1.29, 1.82) is 0 Å². The van der Waals surface area contributed by atoms with Crippen molar-refractivity contribution < 1.29 is 8.42 Å². The van der Waals surface area contributed by atoms with Crippen LogP contribution in [0.15, 0.2) is 0 Å². The minimum absolute atomic E-state index is 0.0640. The van der Waals surface area contributed by atoms with E-state index in [1.165, 1.54) is 0 Å². The van der Waals surface area contributed by atoms with Crippen molar-refractivity contribution in [2.75, 3.05) is 18.8 Å². The summed E-state index contributed by atoms with van der Waals surface area (Å²) in [5, 5.41) is 3.38. The van der Waals surface area contributed by atoms with Crippen LogP contribution in [0.25, 0.3) is 0 Å². The van der Waals surface area contributed by atoms with E-state index in [1.807, 2.05) is 0 Å². The van der Waals surface area contributed by atoms with E-state index in [9.17, 15) is 8.42 Å². The first kappa shape index (κ1) is 17.9.